The summed E-state index contributed by atoms with van der Waals surface area (Å²) in [7, 11) is 0. The van der Waals surface area contributed by atoms with Crippen molar-refractivity contribution in [3.8, 4) is 6.07 Å². The summed E-state index contributed by atoms with van der Waals surface area (Å²) >= 11 is 19.0. The number of nitrogens with zero attached hydrogens (tertiary/aromatic N) is 1. The van der Waals surface area contributed by atoms with Gasteiger partial charge in [0.15, 0.2) is 0 Å². The highest BCUT2D eigenvalue weighted by Gasteiger charge is 2.15. The van der Waals surface area contributed by atoms with Crippen molar-refractivity contribution in [1.82, 2.24) is 0 Å². The maximum Gasteiger partial charge on any atom is 0.229 e. The summed E-state index contributed by atoms with van der Waals surface area (Å²) in [5, 5.41) is 14.8. The summed E-state index contributed by atoms with van der Waals surface area (Å²) in [6, 6.07) is 6.99. The first-order valence-electron chi connectivity index (χ1n) is 5.42. The third kappa shape index (κ3) is 3.25. The quantitative estimate of drug-likeness (QED) is 0.872. The van der Waals surface area contributed by atoms with Gasteiger partial charge in [-0.15, -0.1) is 11.3 Å². The van der Waals surface area contributed by atoms with Crippen molar-refractivity contribution >= 4 is 57.0 Å². The van der Waals surface area contributed by atoms with Crippen LogP contribution in [-0.4, -0.2) is 5.91 Å². The first kappa shape index (κ1) is 15.1. The molecule has 1 aromatic carbocycles. The minimum absolute atomic E-state index is 0.0267. The Kier molecular flexibility index (Phi) is 4.90. The van der Waals surface area contributed by atoms with Gasteiger partial charge >= 0.3 is 0 Å². The molecule has 0 unspecified atom stereocenters. The molecule has 0 fully saturated rings. The molecule has 0 bridgehead atoms. The first-order chi connectivity index (χ1) is 9.52. The molecule has 0 saturated heterocycles. The Morgan fingerprint density at radius 1 is 1.25 bits per heavy atom. The van der Waals surface area contributed by atoms with Crippen LogP contribution in [-0.2, 0) is 11.2 Å². The van der Waals surface area contributed by atoms with Gasteiger partial charge in [-0.3, -0.25) is 4.79 Å². The molecule has 1 amide bonds. The van der Waals surface area contributed by atoms with Gasteiger partial charge in [-0.2, -0.15) is 5.26 Å². The van der Waals surface area contributed by atoms with Crippen molar-refractivity contribution in [3.63, 3.8) is 0 Å². The minimum Gasteiger partial charge on any atom is -0.316 e. The van der Waals surface area contributed by atoms with Gasteiger partial charge in [0.2, 0.25) is 5.91 Å². The summed E-state index contributed by atoms with van der Waals surface area (Å²) in [5.74, 6) is -0.310. The number of hydrogen-bond donors (Lipinski definition) is 1. The van der Waals surface area contributed by atoms with E-state index in [2.05, 4.69) is 5.32 Å². The molecule has 0 saturated carbocycles. The van der Waals surface area contributed by atoms with Crippen LogP contribution in [0.1, 0.15) is 11.1 Å². The standard InChI is InChI=1S/C13H7Cl3N2OS/c14-9-2-1-3-10(15)7(9)4-12(19)18-13-8(5-17)11(16)6-20-13/h1-3,6H,4H2,(H,18,19). The van der Waals surface area contributed by atoms with Crippen LogP contribution in [0.5, 0.6) is 0 Å². The Balaban J connectivity index is 2.16. The number of hydrogen-bond acceptors (Lipinski definition) is 3. The molecule has 0 spiro atoms. The van der Waals surface area contributed by atoms with Gasteiger partial charge < -0.3 is 5.32 Å². The zero-order chi connectivity index (χ0) is 14.7. The van der Waals surface area contributed by atoms with Crippen LogP contribution in [0, 0.1) is 11.3 Å². The lowest BCUT2D eigenvalue weighted by molar-refractivity contribution is -0.115. The molecule has 2 aromatic rings. The Hall–Kier alpha value is -1.25. The van der Waals surface area contributed by atoms with Crippen molar-refractivity contribution in [3.05, 3.63) is 49.8 Å². The number of anilines is 1. The Morgan fingerprint density at radius 3 is 2.50 bits per heavy atom. The van der Waals surface area contributed by atoms with E-state index in [1.807, 2.05) is 6.07 Å². The monoisotopic (exact) mass is 344 g/mol. The van der Waals surface area contributed by atoms with E-state index in [1.165, 1.54) is 11.3 Å². The van der Waals surface area contributed by atoms with Crippen LogP contribution in [0.4, 0.5) is 5.00 Å². The average molecular weight is 346 g/mol. The second-order valence-electron chi connectivity index (χ2n) is 3.82. The summed E-state index contributed by atoms with van der Waals surface area (Å²) in [6.07, 6.45) is 0.0267. The minimum atomic E-state index is -0.310. The molecule has 2 rings (SSSR count). The highest BCUT2D eigenvalue weighted by molar-refractivity contribution is 7.15. The van der Waals surface area contributed by atoms with Crippen LogP contribution in [0.15, 0.2) is 23.6 Å². The van der Waals surface area contributed by atoms with E-state index in [1.54, 1.807) is 23.6 Å². The third-order valence-electron chi connectivity index (χ3n) is 2.51. The van der Waals surface area contributed by atoms with E-state index in [-0.39, 0.29) is 17.9 Å². The summed E-state index contributed by atoms with van der Waals surface area (Å²) < 4.78 is 0. The number of nitriles is 1. The van der Waals surface area contributed by atoms with Gasteiger partial charge in [0.05, 0.1) is 11.4 Å². The van der Waals surface area contributed by atoms with Gasteiger partial charge in [-0.1, -0.05) is 40.9 Å². The number of benzene rings is 1. The van der Waals surface area contributed by atoms with Crippen LogP contribution in [0.3, 0.4) is 0 Å². The number of amides is 1. The van der Waals surface area contributed by atoms with Crippen molar-refractivity contribution in [2.75, 3.05) is 5.32 Å². The zero-order valence-electron chi connectivity index (χ0n) is 9.91. The molecule has 102 valence electrons. The molecular weight excluding hydrogens is 339 g/mol. The van der Waals surface area contributed by atoms with Gasteiger partial charge in [-0.05, 0) is 17.7 Å². The number of rotatable bonds is 3. The molecule has 0 atom stereocenters. The second kappa shape index (κ2) is 6.47. The Bertz CT molecular complexity index is 686. The lowest BCUT2D eigenvalue weighted by atomic mass is 10.1. The maximum atomic E-state index is 12.0. The molecular formula is C13H7Cl3N2OS. The van der Waals surface area contributed by atoms with Gasteiger partial charge in [0, 0.05) is 15.4 Å². The highest BCUT2D eigenvalue weighted by Crippen LogP contribution is 2.31. The van der Waals surface area contributed by atoms with Crippen molar-refractivity contribution in [2.45, 2.75) is 6.42 Å². The van der Waals surface area contributed by atoms with Gasteiger partial charge in [-0.25, -0.2) is 0 Å². The van der Waals surface area contributed by atoms with E-state index in [4.69, 9.17) is 40.1 Å². The predicted molar refractivity (Wildman–Crippen MR) is 82.8 cm³/mol. The van der Waals surface area contributed by atoms with Crippen LogP contribution in [0.2, 0.25) is 15.1 Å². The van der Waals surface area contributed by atoms with Crippen molar-refractivity contribution < 1.29 is 4.79 Å². The second-order valence-corrected chi connectivity index (χ2v) is 5.93. The van der Waals surface area contributed by atoms with E-state index < -0.39 is 0 Å². The molecule has 1 aromatic heterocycles. The van der Waals surface area contributed by atoms with E-state index in [0.29, 0.717) is 25.6 Å². The molecule has 0 aliphatic heterocycles. The molecule has 0 radical (unpaired) electrons. The highest BCUT2D eigenvalue weighted by atomic mass is 35.5. The first-order valence-corrected chi connectivity index (χ1v) is 7.44. The summed E-state index contributed by atoms with van der Waals surface area (Å²) in [4.78, 5) is 12.0. The molecule has 7 heteroatoms. The molecule has 0 aliphatic carbocycles. The maximum absolute atomic E-state index is 12.0. The van der Waals surface area contributed by atoms with E-state index >= 15 is 0 Å². The summed E-state index contributed by atoms with van der Waals surface area (Å²) in [6.45, 7) is 0. The molecule has 0 aliphatic rings. The molecule has 1 heterocycles. The van der Waals surface area contributed by atoms with Crippen LogP contribution < -0.4 is 5.32 Å². The third-order valence-corrected chi connectivity index (χ3v) is 4.54. The van der Waals surface area contributed by atoms with Crippen LogP contribution >= 0.6 is 46.1 Å². The number of halogens is 3. The Labute approximate surface area is 134 Å². The van der Waals surface area contributed by atoms with Crippen LogP contribution in [0.25, 0.3) is 0 Å². The number of nitrogens with one attached hydrogen (secondary N) is 1. The largest absolute Gasteiger partial charge is 0.316 e. The number of thiophene rings is 1. The number of carbonyl (C=O) groups is 1. The van der Waals surface area contributed by atoms with Gasteiger partial charge in [0.25, 0.3) is 0 Å². The summed E-state index contributed by atoms with van der Waals surface area (Å²) in [5.41, 5.74) is 0.810. The normalized spacial score (nSPS) is 10.1. The lowest BCUT2D eigenvalue weighted by Crippen LogP contribution is -2.14. The topological polar surface area (TPSA) is 52.9 Å². The molecule has 20 heavy (non-hydrogen) atoms. The average Bonchev–Trinajstić information content (AvgIpc) is 2.74. The lowest BCUT2D eigenvalue weighted by Gasteiger charge is -2.07. The Morgan fingerprint density at radius 2 is 1.90 bits per heavy atom. The fraction of sp³-hybridized carbons (Fsp3) is 0.0769. The van der Waals surface area contributed by atoms with E-state index in [9.17, 15) is 4.79 Å². The van der Waals surface area contributed by atoms with E-state index in [0.717, 1.165) is 0 Å². The molecule has 1 N–H and O–H groups in total. The SMILES string of the molecule is N#Cc1c(Cl)csc1NC(=O)Cc1c(Cl)cccc1Cl. The van der Waals surface area contributed by atoms with Crippen molar-refractivity contribution in [2.24, 2.45) is 0 Å². The zero-order valence-corrected chi connectivity index (χ0v) is 13.0. The fourth-order valence-corrected chi connectivity index (χ4v) is 3.21. The number of carbonyl (C=O) groups excluding carboxylic acids is 1. The molecule has 3 nitrogen and oxygen atoms in total. The fourth-order valence-electron chi connectivity index (χ4n) is 1.57. The predicted octanol–water partition coefficient (Wildman–Crippen LogP) is 4.76. The van der Waals surface area contributed by atoms with Crippen molar-refractivity contribution in [1.29, 1.82) is 5.26 Å². The van der Waals surface area contributed by atoms with Gasteiger partial charge in [0.1, 0.15) is 16.6 Å². The smallest absolute Gasteiger partial charge is 0.229 e.